The van der Waals surface area contributed by atoms with Crippen molar-refractivity contribution in [2.24, 2.45) is 0 Å². The third-order valence-electron chi connectivity index (χ3n) is 4.68. The number of anilines is 2. The first kappa shape index (κ1) is 19.0. The van der Waals surface area contributed by atoms with Crippen molar-refractivity contribution in [2.45, 2.75) is 45.6 Å². The molecule has 0 aromatic heterocycles. The molecular formula is C22H26N2O3. The summed E-state index contributed by atoms with van der Waals surface area (Å²) in [5, 5.41) is 2.91. The molecule has 2 aromatic carbocycles. The van der Waals surface area contributed by atoms with Crippen LogP contribution in [0.4, 0.5) is 11.4 Å². The maximum Gasteiger partial charge on any atom is 0.267 e. The summed E-state index contributed by atoms with van der Waals surface area (Å²) in [6.45, 7) is 4.39. The van der Waals surface area contributed by atoms with Crippen molar-refractivity contribution in [2.75, 3.05) is 16.8 Å². The van der Waals surface area contributed by atoms with Gasteiger partial charge < -0.3 is 15.0 Å². The van der Waals surface area contributed by atoms with E-state index in [1.807, 2.05) is 36.4 Å². The van der Waals surface area contributed by atoms with Gasteiger partial charge in [0.05, 0.1) is 5.69 Å². The van der Waals surface area contributed by atoms with E-state index in [0.29, 0.717) is 30.1 Å². The Hall–Kier alpha value is -2.82. The maximum absolute atomic E-state index is 12.7. The first-order valence-corrected chi connectivity index (χ1v) is 9.54. The molecule has 0 saturated heterocycles. The van der Waals surface area contributed by atoms with Crippen LogP contribution in [0.25, 0.3) is 0 Å². The molecule has 2 amide bonds. The predicted octanol–water partition coefficient (Wildman–Crippen LogP) is 4.17. The van der Waals surface area contributed by atoms with Crippen molar-refractivity contribution in [1.29, 1.82) is 0 Å². The monoisotopic (exact) mass is 366 g/mol. The van der Waals surface area contributed by atoms with Crippen LogP contribution in [0, 0.1) is 0 Å². The van der Waals surface area contributed by atoms with E-state index in [4.69, 9.17) is 4.74 Å². The summed E-state index contributed by atoms with van der Waals surface area (Å²) in [5.41, 5.74) is 2.57. The minimum Gasteiger partial charge on any atom is -0.479 e. The number of nitrogens with zero attached hydrogens (tertiary/aromatic N) is 1. The highest BCUT2D eigenvalue weighted by Crippen LogP contribution is 2.36. The second-order valence-corrected chi connectivity index (χ2v) is 6.82. The van der Waals surface area contributed by atoms with Gasteiger partial charge in [0.15, 0.2) is 6.10 Å². The zero-order valence-corrected chi connectivity index (χ0v) is 15.9. The molecule has 1 aliphatic rings. The molecule has 1 unspecified atom stereocenters. The standard InChI is InChI=1S/C22H26N2O3/c1-3-4-10-21(25)23-18-11-12-20-19(15-18)24(22(26)16(2)27-20)14-13-17-8-6-5-7-9-17/h5-9,11-12,15-16H,3-4,10,13-14H2,1-2H3,(H,23,25). The highest BCUT2D eigenvalue weighted by molar-refractivity contribution is 6.01. The zero-order chi connectivity index (χ0) is 19.2. The summed E-state index contributed by atoms with van der Waals surface area (Å²) in [4.78, 5) is 26.5. The van der Waals surface area contributed by atoms with Crippen LogP contribution in [0.5, 0.6) is 5.75 Å². The molecule has 0 bridgehead atoms. The van der Waals surface area contributed by atoms with Crippen molar-refractivity contribution >= 4 is 23.2 Å². The fourth-order valence-electron chi connectivity index (χ4n) is 3.16. The first-order chi connectivity index (χ1) is 13.1. The van der Waals surface area contributed by atoms with Gasteiger partial charge in [0.25, 0.3) is 5.91 Å². The van der Waals surface area contributed by atoms with Gasteiger partial charge in [-0.25, -0.2) is 0 Å². The maximum atomic E-state index is 12.7. The molecule has 1 heterocycles. The number of benzene rings is 2. The van der Waals surface area contributed by atoms with E-state index in [1.54, 1.807) is 11.8 Å². The Morgan fingerprint density at radius 2 is 1.96 bits per heavy atom. The zero-order valence-electron chi connectivity index (χ0n) is 15.9. The van der Waals surface area contributed by atoms with Crippen LogP contribution < -0.4 is 15.0 Å². The fourth-order valence-corrected chi connectivity index (χ4v) is 3.16. The van der Waals surface area contributed by atoms with Gasteiger partial charge in [0, 0.05) is 18.7 Å². The van der Waals surface area contributed by atoms with Crippen LogP contribution in [0.15, 0.2) is 48.5 Å². The summed E-state index contributed by atoms with van der Waals surface area (Å²) in [6.07, 6.45) is 2.58. The number of rotatable bonds is 7. The lowest BCUT2D eigenvalue weighted by atomic mass is 10.1. The number of unbranched alkanes of at least 4 members (excludes halogenated alkanes) is 1. The van der Waals surface area contributed by atoms with Crippen molar-refractivity contribution in [1.82, 2.24) is 0 Å². The topological polar surface area (TPSA) is 58.6 Å². The van der Waals surface area contributed by atoms with Gasteiger partial charge in [0.1, 0.15) is 5.75 Å². The second-order valence-electron chi connectivity index (χ2n) is 6.82. The van der Waals surface area contributed by atoms with Crippen LogP contribution >= 0.6 is 0 Å². The van der Waals surface area contributed by atoms with Crippen molar-refractivity contribution in [3.8, 4) is 5.75 Å². The van der Waals surface area contributed by atoms with E-state index in [9.17, 15) is 9.59 Å². The fraction of sp³-hybridized carbons (Fsp3) is 0.364. The molecule has 1 aliphatic heterocycles. The second kappa shape index (κ2) is 8.71. The Balaban J connectivity index is 1.79. The van der Waals surface area contributed by atoms with Crippen LogP contribution in [-0.2, 0) is 16.0 Å². The Morgan fingerprint density at radius 1 is 1.19 bits per heavy atom. The SMILES string of the molecule is CCCCC(=O)Nc1ccc2c(c1)N(CCc1ccccc1)C(=O)C(C)O2. The molecule has 142 valence electrons. The van der Waals surface area contributed by atoms with Gasteiger partial charge in [-0.2, -0.15) is 0 Å². The molecular weight excluding hydrogens is 340 g/mol. The Labute approximate surface area is 160 Å². The van der Waals surface area contributed by atoms with Crippen molar-refractivity contribution < 1.29 is 14.3 Å². The third-order valence-corrected chi connectivity index (χ3v) is 4.68. The van der Waals surface area contributed by atoms with Gasteiger partial charge >= 0.3 is 0 Å². The summed E-state index contributed by atoms with van der Waals surface area (Å²) < 4.78 is 5.75. The molecule has 1 N–H and O–H groups in total. The molecule has 5 nitrogen and oxygen atoms in total. The lowest BCUT2D eigenvalue weighted by Crippen LogP contribution is -2.45. The minimum atomic E-state index is -0.515. The number of hydrogen-bond donors (Lipinski definition) is 1. The average molecular weight is 366 g/mol. The van der Waals surface area contributed by atoms with Gasteiger partial charge in [-0.05, 0) is 43.5 Å². The third kappa shape index (κ3) is 4.67. The lowest BCUT2D eigenvalue weighted by Gasteiger charge is -2.33. The van der Waals surface area contributed by atoms with Gasteiger partial charge in [-0.15, -0.1) is 0 Å². The smallest absolute Gasteiger partial charge is 0.267 e. The molecule has 3 rings (SSSR count). The Morgan fingerprint density at radius 3 is 2.70 bits per heavy atom. The minimum absolute atomic E-state index is 0.0101. The molecule has 0 spiro atoms. The number of hydrogen-bond acceptors (Lipinski definition) is 3. The van der Waals surface area contributed by atoms with Crippen molar-refractivity contribution in [3.63, 3.8) is 0 Å². The van der Waals surface area contributed by atoms with Gasteiger partial charge in [-0.1, -0.05) is 43.7 Å². The highest BCUT2D eigenvalue weighted by Gasteiger charge is 2.31. The summed E-state index contributed by atoms with van der Waals surface area (Å²) in [6, 6.07) is 15.6. The largest absolute Gasteiger partial charge is 0.479 e. The first-order valence-electron chi connectivity index (χ1n) is 9.54. The number of nitrogens with one attached hydrogen (secondary N) is 1. The molecule has 0 aliphatic carbocycles. The number of amides is 2. The quantitative estimate of drug-likeness (QED) is 0.800. The van der Waals surface area contributed by atoms with E-state index in [1.165, 1.54) is 5.56 Å². The molecule has 5 heteroatoms. The number of fused-ring (bicyclic) bond motifs is 1. The normalized spacial score (nSPS) is 15.9. The van der Waals surface area contributed by atoms with E-state index >= 15 is 0 Å². The number of carbonyl (C=O) groups excluding carboxylic acids is 2. The summed E-state index contributed by atoms with van der Waals surface area (Å²) in [5.74, 6) is 0.596. The molecule has 2 aromatic rings. The van der Waals surface area contributed by atoms with Crippen LogP contribution in [0.2, 0.25) is 0 Å². The van der Waals surface area contributed by atoms with E-state index in [-0.39, 0.29) is 11.8 Å². The lowest BCUT2D eigenvalue weighted by molar-refractivity contribution is -0.125. The van der Waals surface area contributed by atoms with Gasteiger partial charge in [0.2, 0.25) is 5.91 Å². The summed E-state index contributed by atoms with van der Waals surface area (Å²) in [7, 11) is 0. The summed E-state index contributed by atoms with van der Waals surface area (Å²) >= 11 is 0. The van der Waals surface area contributed by atoms with Gasteiger partial charge in [-0.3, -0.25) is 9.59 Å². The molecule has 27 heavy (non-hydrogen) atoms. The molecule has 0 radical (unpaired) electrons. The van der Waals surface area contributed by atoms with Crippen LogP contribution in [0.1, 0.15) is 38.7 Å². The van der Waals surface area contributed by atoms with Crippen LogP contribution in [0.3, 0.4) is 0 Å². The van der Waals surface area contributed by atoms with E-state index in [2.05, 4.69) is 24.4 Å². The van der Waals surface area contributed by atoms with Crippen molar-refractivity contribution in [3.05, 3.63) is 54.1 Å². The molecule has 0 fully saturated rings. The van der Waals surface area contributed by atoms with E-state index < -0.39 is 6.10 Å². The Bertz CT molecular complexity index is 804. The Kier molecular flexibility index (Phi) is 6.12. The molecule has 1 atom stereocenters. The predicted molar refractivity (Wildman–Crippen MR) is 107 cm³/mol. The molecule has 0 saturated carbocycles. The number of ether oxygens (including phenoxy) is 1. The van der Waals surface area contributed by atoms with E-state index in [0.717, 1.165) is 19.3 Å². The average Bonchev–Trinajstić information content (AvgIpc) is 2.68. The number of carbonyl (C=O) groups is 2. The van der Waals surface area contributed by atoms with Crippen LogP contribution in [-0.4, -0.2) is 24.5 Å². The highest BCUT2D eigenvalue weighted by atomic mass is 16.5.